The van der Waals surface area contributed by atoms with Crippen LogP contribution in [0.5, 0.6) is 0 Å². The zero-order chi connectivity index (χ0) is 16.8. The SMILES string of the molecule is CC1CCN(CC(O)CNC(=O)Cc2ccc(F)cc2F)CC1. The minimum Gasteiger partial charge on any atom is -0.390 e. The quantitative estimate of drug-likeness (QED) is 0.837. The molecular formula is C17H24F2N2O2. The summed E-state index contributed by atoms with van der Waals surface area (Å²) in [6.45, 7) is 4.81. The highest BCUT2D eigenvalue weighted by Gasteiger charge is 2.18. The van der Waals surface area contributed by atoms with E-state index in [-0.39, 0.29) is 24.4 Å². The molecule has 1 saturated heterocycles. The second kappa shape index (κ2) is 8.36. The number of likely N-dealkylation sites (tertiary alicyclic amines) is 1. The molecule has 1 heterocycles. The Balaban J connectivity index is 1.71. The summed E-state index contributed by atoms with van der Waals surface area (Å²) in [7, 11) is 0. The molecule has 1 aromatic rings. The van der Waals surface area contributed by atoms with Crippen molar-refractivity contribution in [1.29, 1.82) is 0 Å². The molecule has 23 heavy (non-hydrogen) atoms. The van der Waals surface area contributed by atoms with Gasteiger partial charge < -0.3 is 15.3 Å². The fourth-order valence-corrected chi connectivity index (χ4v) is 2.74. The largest absolute Gasteiger partial charge is 0.390 e. The molecule has 1 aliphatic heterocycles. The Hall–Kier alpha value is -1.53. The maximum atomic E-state index is 13.5. The molecule has 1 atom stereocenters. The number of halogens is 2. The van der Waals surface area contributed by atoms with Gasteiger partial charge in [-0.1, -0.05) is 13.0 Å². The Labute approximate surface area is 135 Å². The van der Waals surface area contributed by atoms with Crippen molar-refractivity contribution in [3.05, 3.63) is 35.4 Å². The third-order valence-corrected chi connectivity index (χ3v) is 4.25. The van der Waals surface area contributed by atoms with Crippen molar-refractivity contribution in [1.82, 2.24) is 10.2 Å². The first kappa shape index (κ1) is 17.8. The highest BCUT2D eigenvalue weighted by atomic mass is 19.1. The van der Waals surface area contributed by atoms with Gasteiger partial charge in [-0.2, -0.15) is 0 Å². The number of hydrogen-bond acceptors (Lipinski definition) is 3. The van der Waals surface area contributed by atoms with Crippen molar-refractivity contribution in [3.8, 4) is 0 Å². The summed E-state index contributed by atoms with van der Waals surface area (Å²) in [4.78, 5) is 14.0. The molecule has 1 fully saturated rings. The number of piperidine rings is 1. The summed E-state index contributed by atoms with van der Waals surface area (Å²) in [6, 6.07) is 3.14. The Bertz CT molecular complexity index is 531. The van der Waals surface area contributed by atoms with E-state index in [1.807, 2.05) is 0 Å². The Morgan fingerprint density at radius 2 is 2.09 bits per heavy atom. The average Bonchev–Trinajstić information content (AvgIpc) is 2.50. The molecule has 0 bridgehead atoms. The molecule has 2 rings (SSSR count). The number of amides is 1. The van der Waals surface area contributed by atoms with Gasteiger partial charge in [0, 0.05) is 19.2 Å². The molecule has 128 valence electrons. The Morgan fingerprint density at radius 1 is 1.39 bits per heavy atom. The molecule has 1 amide bonds. The van der Waals surface area contributed by atoms with E-state index in [2.05, 4.69) is 17.1 Å². The van der Waals surface area contributed by atoms with Crippen molar-refractivity contribution in [2.45, 2.75) is 32.3 Å². The van der Waals surface area contributed by atoms with Crippen LogP contribution in [0.3, 0.4) is 0 Å². The van der Waals surface area contributed by atoms with Crippen LogP contribution in [0.25, 0.3) is 0 Å². The molecule has 0 aromatic heterocycles. The highest BCUT2D eigenvalue weighted by Crippen LogP contribution is 2.15. The lowest BCUT2D eigenvalue weighted by Crippen LogP contribution is -2.43. The molecule has 0 aliphatic carbocycles. The van der Waals surface area contributed by atoms with E-state index in [1.54, 1.807) is 0 Å². The van der Waals surface area contributed by atoms with Gasteiger partial charge in [-0.05, 0) is 43.5 Å². The van der Waals surface area contributed by atoms with Crippen molar-refractivity contribution in [3.63, 3.8) is 0 Å². The number of nitrogens with one attached hydrogen (secondary N) is 1. The second-order valence-electron chi connectivity index (χ2n) is 6.35. The van der Waals surface area contributed by atoms with Crippen molar-refractivity contribution in [2.24, 2.45) is 5.92 Å². The maximum Gasteiger partial charge on any atom is 0.224 e. The van der Waals surface area contributed by atoms with Gasteiger partial charge >= 0.3 is 0 Å². The first-order chi connectivity index (χ1) is 10.9. The van der Waals surface area contributed by atoms with E-state index < -0.39 is 17.7 Å². The summed E-state index contributed by atoms with van der Waals surface area (Å²) in [5.41, 5.74) is 0.142. The van der Waals surface area contributed by atoms with Gasteiger partial charge in [-0.3, -0.25) is 4.79 Å². The molecule has 4 nitrogen and oxygen atoms in total. The lowest BCUT2D eigenvalue weighted by atomic mass is 9.99. The van der Waals surface area contributed by atoms with E-state index in [0.717, 1.165) is 44.0 Å². The average molecular weight is 326 g/mol. The van der Waals surface area contributed by atoms with E-state index in [1.165, 1.54) is 6.07 Å². The third-order valence-electron chi connectivity index (χ3n) is 4.25. The lowest BCUT2D eigenvalue weighted by molar-refractivity contribution is -0.121. The molecule has 0 saturated carbocycles. The van der Waals surface area contributed by atoms with Crippen molar-refractivity contribution in [2.75, 3.05) is 26.2 Å². The fourth-order valence-electron chi connectivity index (χ4n) is 2.74. The van der Waals surface area contributed by atoms with Crippen LogP contribution in [0.2, 0.25) is 0 Å². The van der Waals surface area contributed by atoms with Gasteiger partial charge in [-0.15, -0.1) is 0 Å². The van der Waals surface area contributed by atoms with Crippen molar-refractivity contribution < 1.29 is 18.7 Å². The van der Waals surface area contributed by atoms with E-state index in [9.17, 15) is 18.7 Å². The van der Waals surface area contributed by atoms with Gasteiger partial charge in [0.1, 0.15) is 11.6 Å². The van der Waals surface area contributed by atoms with Gasteiger partial charge in [0.05, 0.1) is 12.5 Å². The van der Waals surface area contributed by atoms with E-state index in [4.69, 9.17) is 0 Å². The number of aliphatic hydroxyl groups is 1. The molecule has 2 N–H and O–H groups in total. The lowest BCUT2D eigenvalue weighted by Gasteiger charge is -2.31. The molecule has 1 aromatic carbocycles. The normalized spacial score (nSPS) is 17.9. The molecule has 0 radical (unpaired) electrons. The fraction of sp³-hybridized carbons (Fsp3) is 0.588. The monoisotopic (exact) mass is 326 g/mol. The third kappa shape index (κ3) is 5.88. The summed E-state index contributed by atoms with van der Waals surface area (Å²) >= 11 is 0. The summed E-state index contributed by atoms with van der Waals surface area (Å²) in [5.74, 6) is -1.06. The first-order valence-corrected chi connectivity index (χ1v) is 8.05. The highest BCUT2D eigenvalue weighted by molar-refractivity contribution is 5.78. The topological polar surface area (TPSA) is 52.6 Å². The second-order valence-corrected chi connectivity index (χ2v) is 6.35. The number of carbonyl (C=O) groups is 1. The number of nitrogens with zero attached hydrogens (tertiary/aromatic N) is 1. The van der Waals surface area contributed by atoms with Crippen LogP contribution >= 0.6 is 0 Å². The van der Waals surface area contributed by atoms with Gasteiger partial charge in [0.25, 0.3) is 0 Å². The van der Waals surface area contributed by atoms with Crippen LogP contribution in [0.15, 0.2) is 18.2 Å². The van der Waals surface area contributed by atoms with Crippen LogP contribution in [0.1, 0.15) is 25.3 Å². The van der Waals surface area contributed by atoms with Crippen LogP contribution in [-0.2, 0) is 11.2 Å². The first-order valence-electron chi connectivity index (χ1n) is 8.05. The minimum atomic E-state index is -0.733. The minimum absolute atomic E-state index is 0.133. The zero-order valence-corrected chi connectivity index (χ0v) is 13.4. The standard InChI is InChI=1S/C17H24F2N2O2/c1-12-4-6-21(7-5-12)11-15(22)10-20-17(23)8-13-2-3-14(18)9-16(13)19/h2-3,9,12,15,22H,4-8,10-11H2,1H3,(H,20,23). The molecular weight excluding hydrogens is 302 g/mol. The summed E-state index contributed by atoms with van der Waals surface area (Å²) in [6.07, 6.45) is 1.44. The van der Waals surface area contributed by atoms with Crippen LogP contribution in [-0.4, -0.2) is 48.2 Å². The molecule has 1 unspecified atom stereocenters. The Kier molecular flexibility index (Phi) is 6.47. The van der Waals surface area contributed by atoms with E-state index >= 15 is 0 Å². The summed E-state index contributed by atoms with van der Waals surface area (Å²) in [5, 5.41) is 12.6. The zero-order valence-electron chi connectivity index (χ0n) is 13.4. The number of rotatable bonds is 6. The molecule has 6 heteroatoms. The van der Waals surface area contributed by atoms with Crippen molar-refractivity contribution >= 4 is 5.91 Å². The predicted molar refractivity (Wildman–Crippen MR) is 83.9 cm³/mol. The number of β-amino-alcohol motifs (C(OH)–C–C–N with tert-alkyl or cyclic N) is 1. The van der Waals surface area contributed by atoms with E-state index in [0.29, 0.717) is 6.54 Å². The van der Waals surface area contributed by atoms with Crippen LogP contribution in [0.4, 0.5) is 8.78 Å². The Morgan fingerprint density at radius 3 is 2.74 bits per heavy atom. The number of aliphatic hydroxyl groups excluding tert-OH is 1. The van der Waals surface area contributed by atoms with Gasteiger partial charge in [0.15, 0.2) is 0 Å². The number of benzene rings is 1. The van der Waals surface area contributed by atoms with Gasteiger partial charge in [0.2, 0.25) is 5.91 Å². The molecule has 0 spiro atoms. The molecule has 1 aliphatic rings. The van der Waals surface area contributed by atoms with Gasteiger partial charge in [-0.25, -0.2) is 8.78 Å². The summed E-state index contributed by atoms with van der Waals surface area (Å²) < 4.78 is 26.3. The predicted octanol–water partition coefficient (Wildman–Crippen LogP) is 1.72. The van der Waals surface area contributed by atoms with Crippen LogP contribution < -0.4 is 5.32 Å². The smallest absolute Gasteiger partial charge is 0.224 e. The number of carbonyl (C=O) groups excluding carboxylic acids is 1. The van der Waals surface area contributed by atoms with Crippen LogP contribution in [0, 0.1) is 17.6 Å². The number of hydrogen-bond donors (Lipinski definition) is 2. The maximum absolute atomic E-state index is 13.5.